The van der Waals surface area contributed by atoms with Gasteiger partial charge in [-0.2, -0.15) is 0 Å². The minimum atomic E-state index is -0.0189. The third-order valence-corrected chi connectivity index (χ3v) is 8.94. The zero-order valence-electron chi connectivity index (χ0n) is 21.1. The molecule has 3 aliphatic rings. The van der Waals surface area contributed by atoms with E-state index in [1.54, 1.807) is 6.08 Å². The Morgan fingerprint density at radius 1 is 0.941 bits per heavy atom. The molecule has 0 aliphatic heterocycles. The van der Waals surface area contributed by atoms with Crippen LogP contribution >= 0.6 is 0 Å². The maximum Gasteiger partial charge on any atom is 0.314 e. The number of esters is 1. The Morgan fingerprint density at radius 3 is 2.41 bits per heavy atom. The quantitative estimate of drug-likeness (QED) is 0.210. The van der Waals surface area contributed by atoms with E-state index in [9.17, 15) is 4.79 Å². The van der Waals surface area contributed by atoms with Gasteiger partial charge in [0.1, 0.15) is 18.1 Å². The molecule has 3 heteroatoms. The zero-order valence-corrected chi connectivity index (χ0v) is 21.1. The molecule has 0 radical (unpaired) electrons. The van der Waals surface area contributed by atoms with Crippen molar-refractivity contribution in [2.24, 2.45) is 35.5 Å². The number of benzene rings is 1. The molecule has 4 atom stereocenters. The van der Waals surface area contributed by atoms with Crippen molar-refractivity contribution in [1.82, 2.24) is 0 Å². The Kier molecular flexibility index (Phi) is 9.30. The number of fused-ring (bicyclic) bond motifs is 1. The van der Waals surface area contributed by atoms with Crippen LogP contribution in [0.4, 0.5) is 0 Å². The van der Waals surface area contributed by atoms with Crippen LogP contribution in [-0.2, 0) is 4.79 Å². The number of rotatable bonds is 9. The second-order valence-electron chi connectivity index (χ2n) is 11.0. The second-order valence-corrected chi connectivity index (χ2v) is 11.0. The molecule has 0 bridgehead atoms. The maximum atomic E-state index is 13.1. The Morgan fingerprint density at radius 2 is 1.68 bits per heavy atom. The minimum Gasteiger partial charge on any atom is -0.490 e. The molecule has 34 heavy (non-hydrogen) atoms. The summed E-state index contributed by atoms with van der Waals surface area (Å²) in [4.78, 5) is 13.1. The first-order valence-electron chi connectivity index (χ1n) is 13.8. The molecule has 0 spiro atoms. The van der Waals surface area contributed by atoms with E-state index in [1.807, 2.05) is 24.3 Å². The summed E-state index contributed by atoms with van der Waals surface area (Å²) in [6, 6.07) is 7.39. The van der Waals surface area contributed by atoms with Crippen LogP contribution in [-0.4, -0.2) is 12.6 Å². The molecule has 1 aromatic carbocycles. The molecule has 4 unspecified atom stereocenters. The van der Waals surface area contributed by atoms with E-state index in [0.717, 1.165) is 29.9 Å². The van der Waals surface area contributed by atoms with Crippen LogP contribution in [0.5, 0.6) is 11.5 Å². The summed E-state index contributed by atoms with van der Waals surface area (Å²) in [5.74, 6) is 5.43. The average Bonchev–Trinajstić information content (AvgIpc) is 2.88. The highest BCUT2D eigenvalue weighted by molar-refractivity contribution is 5.75. The topological polar surface area (TPSA) is 35.5 Å². The molecule has 4 rings (SSSR count). The van der Waals surface area contributed by atoms with Gasteiger partial charge >= 0.3 is 5.97 Å². The van der Waals surface area contributed by atoms with Gasteiger partial charge in [0.15, 0.2) is 0 Å². The minimum absolute atomic E-state index is 0.0189. The molecular formula is C31H44O3. The molecule has 186 valence electrons. The van der Waals surface area contributed by atoms with Gasteiger partial charge in [0.05, 0.1) is 5.92 Å². The van der Waals surface area contributed by atoms with E-state index < -0.39 is 0 Å². The van der Waals surface area contributed by atoms with Gasteiger partial charge in [-0.3, -0.25) is 4.79 Å². The van der Waals surface area contributed by atoms with Crippen molar-refractivity contribution in [1.29, 1.82) is 0 Å². The molecule has 0 heterocycles. The number of hydrogen-bond acceptors (Lipinski definition) is 3. The highest BCUT2D eigenvalue weighted by atomic mass is 16.5. The maximum absolute atomic E-state index is 13.1. The van der Waals surface area contributed by atoms with Crippen molar-refractivity contribution in [3.05, 3.63) is 49.1 Å². The first-order chi connectivity index (χ1) is 16.7. The van der Waals surface area contributed by atoms with Gasteiger partial charge < -0.3 is 9.47 Å². The van der Waals surface area contributed by atoms with Crippen LogP contribution in [0.3, 0.4) is 0 Å². The van der Waals surface area contributed by atoms with E-state index >= 15 is 0 Å². The van der Waals surface area contributed by atoms with Crippen molar-refractivity contribution in [3.63, 3.8) is 0 Å². The van der Waals surface area contributed by atoms with Gasteiger partial charge in [0.2, 0.25) is 0 Å². The highest BCUT2D eigenvalue weighted by Crippen LogP contribution is 2.50. The van der Waals surface area contributed by atoms with Crippen molar-refractivity contribution in [2.45, 2.75) is 84.0 Å². The third kappa shape index (κ3) is 6.55. The van der Waals surface area contributed by atoms with Gasteiger partial charge in [-0.1, -0.05) is 50.5 Å². The lowest BCUT2D eigenvalue weighted by molar-refractivity contribution is -0.144. The van der Waals surface area contributed by atoms with E-state index in [0.29, 0.717) is 24.2 Å². The lowest BCUT2D eigenvalue weighted by atomic mass is 9.59. The van der Waals surface area contributed by atoms with Crippen LogP contribution in [0.15, 0.2) is 49.1 Å². The van der Waals surface area contributed by atoms with Crippen molar-refractivity contribution in [3.8, 4) is 11.5 Å². The first kappa shape index (κ1) is 25.1. The molecule has 0 saturated heterocycles. The number of ether oxygens (including phenoxy) is 2. The zero-order chi connectivity index (χ0) is 23.8. The van der Waals surface area contributed by atoms with Crippen molar-refractivity contribution in [2.75, 3.05) is 6.61 Å². The van der Waals surface area contributed by atoms with E-state index in [1.165, 1.54) is 70.6 Å². The van der Waals surface area contributed by atoms with Crippen LogP contribution in [0.25, 0.3) is 0 Å². The van der Waals surface area contributed by atoms with E-state index in [-0.39, 0.29) is 11.9 Å². The highest BCUT2D eigenvalue weighted by Gasteiger charge is 2.43. The molecule has 0 amide bonds. The Bertz CT molecular complexity index is 802. The second kappa shape index (κ2) is 12.6. The molecule has 0 aromatic heterocycles. The molecule has 3 aliphatic carbocycles. The first-order valence-corrected chi connectivity index (χ1v) is 13.8. The molecule has 3 fully saturated rings. The third-order valence-electron chi connectivity index (χ3n) is 8.94. The van der Waals surface area contributed by atoms with Gasteiger partial charge in [0.25, 0.3) is 0 Å². The van der Waals surface area contributed by atoms with E-state index in [4.69, 9.17) is 9.47 Å². The predicted molar refractivity (Wildman–Crippen MR) is 139 cm³/mol. The summed E-state index contributed by atoms with van der Waals surface area (Å²) in [5.41, 5.74) is 0. The molecule has 0 N–H and O–H groups in total. The predicted octanol–water partition coefficient (Wildman–Crippen LogP) is 8.15. The standard InChI is InChI=1S/C31H44O3/c1-3-5-6-8-23-11-13-24(14-12-23)25-15-20-29-26(22-25)9-7-10-30(29)31(32)34-28-18-16-27(17-19-28)33-21-4-2/h3-5,16-19,23-26,29-30H,2,6-15,20-22H2,1H3/b5-3+. The van der Waals surface area contributed by atoms with Crippen LogP contribution in [0.1, 0.15) is 84.0 Å². The van der Waals surface area contributed by atoms with E-state index in [2.05, 4.69) is 25.7 Å². The van der Waals surface area contributed by atoms with Crippen LogP contribution in [0, 0.1) is 35.5 Å². The van der Waals surface area contributed by atoms with Crippen LogP contribution in [0.2, 0.25) is 0 Å². The number of carbonyl (C=O) groups is 1. The Labute approximate surface area is 207 Å². The fraction of sp³-hybridized carbons (Fsp3) is 0.645. The van der Waals surface area contributed by atoms with Crippen molar-refractivity contribution < 1.29 is 14.3 Å². The lowest BCUT2D eigenvalue weighted by Crippen LogP contribution is -2.40. The van der Waals surface area contributed by atoms with Gasteiger partial charge in [0, 0.05) is 0 Å². The van der Waals surface area contributed by atoms with Gasteiger partial charge in [-0.05, 0) is 112 Å². The molecule has 1 aromatic rings. The molecule has 3 saturated carbocycles. The monoisotopic (exact) mass is 464 g/mol. The van der Waals surface area contributed by atoms with Gasteiger partial charge in [-0.15, -0.1) is 0 Å². The molecular weight excluding hydrogens is 420 g/mol. The number of hydrogen-bond donors (Lipinski definition) is 0. The van der Waals surface area contributed by atoms with Gasteiger partial charge in [-0.25, -0.2) is 0 Å². The summed E-state index contributed by atoms with van der Waals surface area (Å²) >= 11 is 0. The SMILES string of the molecule is C=CCOc1ccc(OC(=O)C2CCCC3CC(C4CCC(CC/C=C/C)CC4)CCC32)cc1. The van der Waals surface area contributed by atoms with Crippen molar-refractivity contribution >= 4 is 5.97 Å². The summed E-state index contributed by atoms with van der Waals surface area (Å²) in [6.45, 7) is 6.27. The molecule has 3 nitrogen and oxygen atoms in total. The summed E-state index contributed by atoms with van der Waals surface area (Å²) in [5, 5.41) is 0. The fourth-order valence-electron chi connectivity index (χ4n) is 7.12. The number of carbonyl (C=O) groups excluding carboxylic acids is 1. The summed E-state index contributed by atoms with van der Waals surface area (Å²) < 4.78 is 11.4. The van der Waals surface area contributed by atoms with Crippen LogP contribution < -0.4 is 9.47 Å². The normalized spacial score (nSPS) is 31.6. The Hall–Kier alpha value is -2.03. The largest absolute Gasteiger partial charge is 0.490 e. The summed E-state index contributed by atoms with van der Waals surface area (Å²) in [6.07, 6.45) is 21.9. The lowest BCUT2D eigenvalue weighted by Gasteiger charge is -2.46. The number of allylic oxidation sites excluding steroid dienone is 2. The Balaban J connectivity index is 1.26. The average molecular weight is 465 g/mol. The smallest absolute Gasteiger partial charge is 0.314 e. The fourth-order valence-corrected chi connectivity index (χ4v) is 7.12. The summed E-state index contributed by atoms with van der Waals surface area (Å²) in [7, 11) is 0.